The van der Waals surface area contributed by atoms with Crippen molar-refractivity contribution in [3.63, 3.8) is 0 Å². The summed E-state index contributed by atoms with van der Waals surface area (Å²) in [6.45, 7) is 2.05. The molecule has 0 aliphatic heterocycles. The molecule has 0 amide bonds. The third-order valence-electron chi connectivity index (χ3n) is 2.71. The molecule has 2 heterocycles. The minimum atomic E-state index is 0.575. The number of anilines is 2. The van der Waals surface area contributed by atoms with E-state index in [0.717, 1.165) is 5.69 Å². The van der Waals surface area contributed by atoms with Gasteiger partial charge in [0.05, 0.1) is 5.02 Å². The van der Waals surface area contributed by atoms with Crippen LogP contribution < -0.4 is 5.32 Å². The predicted octanol–water partition coefficient (Wildman–Crippen LogP) is 3.64. The summed E-state index contributed by atoms with van der Waals surface area (Å²) in [5.74, 6) is 0. The molecule has 20 heavy (non-hydrogen) atoms. The first kappa shape index (κ1) is 13.1. The normalized spacial score (nSPS) is 10.8. The highest BCUT2D eigenvalue weighted by molar-refractivity contribution is 7.18. The fourth-order valence-electron chi connectivity index (χ4n) is 1.73. The first-order chi connectivity index (χ1) is 9.61. The Morgan fingerprint density at radius 2 is 1.95 bits per heavy atom. The van der Waals surface area contributed by atoms with Crippen molar-refractivity contribution in [2.24, 2.45) is 7.05 Å². The zero-order valence-corrected chi connectivity index (χ0v) is 12.5. The molecule has 0 fully saturated rings. The van der Waals surface area contributed by atoms with Crippen molar-refractivity contribution in [1.82, 2.24) is 20.0 Å². The lowest BCUT2D eigenvalue weighted by atomic mass is 10.2. The number of halogens is 1. The van der Waals surface area contributed by atoms with Crippen LogP contribution in [0.4, 0.5) is 10.8 Å². The van der Waals surface area contributed by atoms with Gasteiger partial charge in [-0.05, 0) is 19.1 Å². The van der Waals surface area contributed by atoms with Crippen LogP contribution in [0.3, 0.4) is 0 Å². The average molecular weight is 306 g/mol. The minimum Gasteiger partial charge on any atom is -0.330 e. The van der Waals surface area contributed by atoms with Crippen molar-refractivity contribution < 1.29 is 0 Å². The summed E-state index contributed by atoms with van der Waals surface area (Å²) in [6, 6.07) is 8.09. The molecule has 102 valence electrons. The maximum Gasteiger partial charge on any atom is 0.210 e. The Kier molecular flexibility index (Phi) is 3.42. The Labute approximate surface area is 125 Å². The van der Waals surface area contributed by atoms with Crippen LogP contribution in [0.15, 0.2) is 30.5 Å². The first-order valence-corrected chi connectivity index (χ1v) is 7.18. The SMILES string of the molecule is Cc1ccc(Nc2nnc(-c3nn(C)cc3Cl)s2)cc1. The third-order valence-corrected chi connectivity index (χ3v) is 3.84. The lowest BCUT2D eigenvalue weighted by molar-refractivity contribution is 0.770. The largest absolute Gasteiger partial charge is 0.330 e. The van der Waals surface area contributed by atoms with E-state index in [4.69, 9.17) is 11.6 Å². The number of aryl methyl sites for hydroxylation is 2. The molecule has 0 bridgehead atoms. The number of benzene rings is 1. The summed E-state index contributed by atoms with van der Waals surface area (Å²) in [4.78, 5) is 0. The molecular weight excluding hydrogens is 294 g/mol. The van der Waals surface area contributed by atoms with E-state index in [1.165, 1.54) is 16.9 Å². The molecule has 0 saturated heterocycles. The second kappa shape index (κ2) is 5.22. The Morgan fingerprint density at radius 3 is 2.60 bits per heavy atom. The summed E-state index contributed by atoms with van der Waals surface area (Å²) in [5, 5.41) is 17.7. The van der Waals surface area contributed by atoms with Crippen molar-refractivity contribution >= 4 is 33.8 Å². The van der Waals surface area contributed by atoms with E-state index in [1.807, 2.05) is 31.3 Å². The molecule has 0 radical (unpaired) electrons. The zero-order valence-electron chi connectivity index (χ0n) is 11.0. The summed E-state index contributed by atoms with van der Waals surface area (Å²) < 4.78 is 1.66. The average Bonchev–Trinajstić information content (AvgIpc) is 2.99. The molecule has 0 spiro atoms. The zero-order chi connectivity index (χ0) is 14.1. The molecule has 0 atom stereocenters. The van der Waals surface area contributed by atoms with Gasteiger partial charge in [-0.1, -0.05) is 40.6 Å². The van der Waals surface area contributed by atoms with Crippen LogP contribution in [0.1, 0.15) is 5.56 Å². The van der Waals surface area contributed by atoms with Crippen LogP contribution in [0.25, 0.3) is 10.7 Å². The lowest BCUT2D eigenvalue weighted by Gasteiger charge is -2.01. The van der Waals surface area contributed by atoms with Gasteiger partial charge in [0.25, 0.3) is 0 Å². The molecular formula is C13H12ClN5S. The van der Waals surface area contributed by atoms with Crippen LogP contribution in [-0.2, 0) is 7.05 Å². The molecule has 1 aromatic carbocycles. The summed E-state index contributed by atoms with van der Waals surface area (Å²) >= 11 is 7.52. The van der Waals surface area contributed by atoms with Gasteiger partial charge in [-0.3, -0.25) is 4.68 Å². The number of hydrogen-bond acceptors (Lipinski definition) is 5. The fourth-order valence-corrected chi connectivity index (χ4v) is 2.82. The Morgan fingerprint density at radius 1 is 1.20 bits per heavy atom. The molecule has 0 saturated carbocycles. The van der Waals surface area contributed by atoms with E-state index in [9.17, 15) is 0 Å². The summed E-state index contributed by atoms with van der Waals surface area (Å²) in [5.41, 5.74) is 2.85. The standard InChI is InChI=1S/C13H12ClN5S/c1-8-3-5-9(6-4-8)15-13-17-16-12(20-13)11-10(14)7-19(2)18-11/h3-7H,1-2H3,(H,15,17). The lowest BCUT2D eigenvalue weighted by Crippen LogP contribution is -1.88. The topological polar surface area (TPSA) is 55.6 Å². The van der Waals surface area contributed by atoms with E-state index in [2.05, 4.69) is 27.5 Å². The fraction of sp³-hybridized carbons (Fsp3) is 0.154. The Balaban J connectivity index is 1.83. The highest BCUT2D eigenvalue weighted by Crippen LogP contribution is 2.31. The highest BCUT2D eigenvalue weighted by atomic mass is 35.5. The van der Waals surface area contributed by atoms with Crippen LogP contribution in [0.2, 0.25) is 5.02 Å². The van der Waals surface area contributed by atoms with Crippen molar-refractivity contribution in [2.75, 3.05) is 5.32 Å². The van der Waals surface area contributed by atoms with Gasteiger partial charge in [-0.2, -0.15) is 5.10 Å². The van der Waals surface area contributed by atoms with Crippen LogP contribution in [-0.4, -0.2) is 20.0 Å². The number of hydrogen-bond donors (Lipinski definition) is 1. The minimum absolute atomic E-state index is 0.575. The number of rotatable bonds is 3. The Hall–Kier alpha value is -1.92. The van der Waals surface area contributed by atoms with Gasteiger partial charge in [-0.25, -0.2) is 0 Å². The summed E-state index contributed by atoms with van der Waals surface area (Å²) in [6.07, 6.45) is 1.74. The Bertz CT molecular complexity index is 732. The van der Waals surface area contributed by atoms with Crippen LogP contribution in [0.5, 0.6) is 0 Å². The van der Waals surface area contributed by atoms with Gasteiger partial charge >= 0.3 is 0 Å². The molecule has 5 nitrogen and oxygen atoms in total. The molecule has 2 aromatic heterocycles. The number of nitrogens with zero attached hydrogens (tertiary/aromatic N) is 4. The van der Waals surface area contributed by atoms with Gasteiger partial charge in [0, 0.05) is 18.9 Å². The maximum atomic E-state index is 6.10. The number of nitrogens with one attached hydrogen (secondary N) is 1. The molecule has 1 N–H and O–H groups in total. The van der Waals surface area contributed by atoms with E-state index in [0.29, 0.717) is 20.9 Å². The van der Waals surface area contributed by atoms with Crippen molar-refractivity contribution in [1.29, 1.82) is 0 Å². The van der Waals surface area contributed by atoms with Gasteiger partial charge in [0.2, 0.25) is 5.13 Å². The van der Waals surface area contributed by atoms with E-state index in [1.54, 1.807) is 10.9 Å². The van der Waals surface area contributed by atoms with Gasteiger partial charge in [0.15, 0.2) is 5.01 Å². The van der Waals surface area contributed by atoms with Gasteiger partial charge < -0.3 is 5.32 Å². The van der Waals surface area contributed by atoms with Crippen LogP contribution >= 0.6 is 22.9 Å². The van der Waals surface area contributed by atoms with Crippen molar-refractivity contribution in [3.05, 3.63) is 41.0 Å². The third kappa shape index (κ3) is 2.66. The monoisotopic (exact) mass is 305 g/mol. The maximum absolute atomic E-state index is 6.10. The number of aromatic nitrogens is 4. The second-order valence-electron chi connectivity index (χ2n) is 4.40. The smallest absolute Gasteiger partial charge is 0.210 e. The first-order valence-electron chi connectivity index (χ1n) is 5.98. The van der Waals surface area contributed by atoms with Gasteiger partial charge in [-0.15, -0.1) is 10.2 Å². The van der Waals surface area contributed by atoms with Crippen LogP contribution in [0, 0.1) is 6.92 Å². The van der Waals surface area contributed by atoms with E-state index in [-0.39, 0.29) is 0 Å². The highest BCUT2D eigenvalue weighted by Gasteiger charge is 2.13. The van der Waals surface area contributed by atoms with Gasteiger partial charge in [0.1, 0.15) is 5.69 Å². The van der Waals surface area contributed by atoms with E-state index >= 15 is 0 Å². The second-order valence-corrected chi connectivity index (χ2v) is 5.79. The quantitative estimate of drug-likeness (QED) is 0.802. The molecule has 0 unspecified atom stereocenters. The molecule has 0 aliphatic rings. The molecule has 0 aliphatic carbocycles. The van der Waals surface area contributed by atoms with Crippen molar-refractivity contribution in [2.45, 2.75) is 6.92 Å². The predicted molar refractivity (Wildman–Crippen MR) is 81.6 cm³/mol. The summed E-state index contributed by atoms with van der Waals surface area (Å²) in [7, 11) is 1.82. The van der Waals surface area contributed by atoms with E-state index < -0.39 is 0 Å². The molecule has 3 aromatic rings. The molecule has 7 heteroatoms. The van der Waals surface area contributed by atoms with Crippen molar-refractivity contribution in [3.8, 4) is 10.7 Å². The molecule has 3 rings (SSSR count).